The summed E-state index contributed by atoms with van der Waals surface area (Å²) in [6, 6.07) is 9.44. The highest BCUT2D eigenvalue weighted by Gasteiger charge is 2.46. The van der Waals surface area contributed by atoms with Gasteiger partial charge in [-0.2, -0.15) is 0 Å². The van der Waals surface area contributed by atoms with Crippen LogP contribution in [0.25, 0.3) is 0 Å². The molecule has 0 radical (unpaired) electrons. The quantitative estimate of drug-likeness (QED) is 0.757. The lowest BCUT2D eigenvalue weighted by atomic mass is 10.2. The molecular formula is C13H13NO5. The molecule has 1 amide bonds. The number of carbonyl (C=O) groups excluding carboxylic acids is 2. The molecule has 0 spiro atoms. The predicted molar refractivity (Wildman–Crippen MR) is 63.3 cm³/mol. The smallest absolute Gasteiger partial charge is 0.445 e. The van der Waals surface area contributed by atoms with Gasteiger partial charge in [0.1, 0.15) is 6.61 Å². The SMILES string of the molecule is O=C1O[C@H]2CN(C(=O)OCc3ccccc3)C[C@H]2O1. The van der Waals surface area contributed by atoms with E-state index in [9.17, 15) is 9.59 Å². The van der Waals surface area contributed by atoms with Crippen molar-refractivity contribution >= 4 is 12.2 Å². The zero-order valence-corrected chi connectivity index (χ0v) is 10.2. The molecule has 1 aromatic carbocycles. The molecule has 3 rings (SSSR count). The lowest BCUT2D eigenvalue weighted by Crippen LogP contribution is -2.31. The average molecular weight is 263 g/mol. The molecule has 19 heavy (non-hydrogen) atoms. The van der Waals surface area contributed by atoms with E-state index in [1.54, 1.807) is 0 Å². The molecule has 2 atom stereocenters. The second kappa shape index (κ2) is 4.79. The van der Waals surface area contributed by atoms with E-state index in [0.717, 1.165) is 5.56 Å². The largest absolute Gasteiger partial charge is 0.509 e. The molecular weight excluding hydrogens is 250 g/mol. The van der Waals surface area contributed by atoms with Gasteiger partial charge in [-0.3, -0.25) is 0 Å². The van der Waals surface area contributed by atoms with Crippen molar-refractivity contribution in [1.82, 2.24) is 4.90 Å². The van der Waals surface area contributed by atoms with Crippen molar-refractivity contribution in [2.45, 2.75) is 18.8 Å². The highest BCUT2D eigenvalue weighted by atomic mass is 16.8. The van der Waals surface area contributed by atoms with Crippen LogP contribution in [0.3, 0.4) is 0 Å². The molecule has 0 aromatic heterocycles. The Bertz CT molecular complexity index is 473. The van der Waals surface area contributed by atoms with E-state index in [2.05, 4.69) is 0 Å². The van der Waals surface area contributed by atoms with Crippen molar-refractivity contribution in [2.75, 3.05) is 13.1 Å². The summed E-state index contributed by atoms with van der Waals surface area (Å²) < 4.78 is 15.0. The highest BCUT2D eigenvalue weighted by molar-refractivity contribution is 5.69. The summed E-state index contributed by atoms with van der Waals surface area (Å²) in [5.41, 5.74) is 0.929. The molecule has 0 bridgehead atoms. The first-order valence-electron chi connectivity index (χ1n) is 6.05. The van der Waals surface area contributed by atoms with Crippen LogP contribution in [0.2, 0.25) is 0 Å². The van der Waals surface area contributed by atoms with E-state index < -0.39 is 12.2 Å². The van der Waals surface area contributed by atoms with Gasteiger partial charge in [0, 0.05) is 0 Å². The third kappa shape index (κ3) is 2.47. The van der Waals surface area contributed by atoms with Crippen LogP contribution in [0.15, 0.2) is 30.3 Å². The van der Waals surface area contributed by atoms with E-state index in [1.807, 2.05) is 30.3 Å². The number of nitrogens with zero attached hydrogens (tertiary/aromatic N) is 1. The Kier molecular flexibility index (Phi) is 2.98. The van der Waals surface area contributed by atoms with Crippen molar-refractivity contribution in [2.24, 2.45) is 0 Å². The summed E-state index contributed by atoms with van der Waals surface area (Å²) in [4.78, 5) is 24.2. The normalized spacial score (nSPS) is 24.6. The van der Waals surface area contributed by atoms with Crippen LogP contribution < -0.4 is 0 Å². The minimum absolute atomic E-state index is 0.228. The zero-order valence-electron chi connectivity index (χ0n) is 10.2. The summed E-state index contributed by atoms with van der Waals surface area (Å²) in [6.45, 7) is 0.875. The van der Waals surface area contributed by atoms with E-state index >= 15 is 0 Å². The van der Waals surface area contributed by atoms with Gasteiger partial charge in [-0.15, -0.1) is 0 Å². The van der Waals surface area contributed by atoms with Crippen molar-refractivity contribution in [3.05, 3.63) is 35.9 Å². The molecule has 6 heteroatoms. The minimum Gasteiger partial charge on any atom is -0.445 e. The van der Waals surface area contributed by atoms with Crippen molar-refractivity contribution < 1.29 is 23.8 Å². The van der Waals surface area contributed by atoms with Gasteiger partial charge in [0.15, 0.2) is 12.2 Å². The van der Waals surface area contributed by atoms with Gasteiger partial charge in [0.05, 0.1) is 13.1 Å². The van der Waals surface area contributed by atoms with Crippen LogP contribution >= 0.6 is 0 Å². The maximum Gasteiger partial charge on any atom is 0.509 e. The first-order chi connectivity index (χ1) is 9.22. The molecule has 2 heterocycles. The number of ether oxygens (including phenoxy) is 3. The molecule has 0 saturated carbocycles. The standard InChI is InChI=1S/C13H13NO5/c15-12(17-8-9-4-2-1-3-5-9)14-6-10-11(7-14)19-13(16)18-10/h1-5,10-11H,6-8H2/t10-,11+. The number of rotatable bonds is 2. The van der Waals surface area contributed by atoms with Crippen LogP contribution in [0, 0.1) is 0 Å². The number of fused-ring (bicyclic) bond motifs is 1. The molecule has 2 saturated heterocycles. The monoisotopic (exact) mass is 263 g/mol. The van der Waals surface area contributed by atoms with Gasteiger partial charge in [0.25, 0.3) is 0 Å². The molecule has 2 aliphatic heterocycles. The first kappa shape index (κ1) is 11.8. The molecule has 0 N–H and O–H groups in total. The number of carbonyl (C=O) groups is 2. The first-order valence-corrected chi connectivity index (χ1v) is 6.05. The summed E-state index contributed by atoms with van der Waals surface area (Å²) in [6.07, 6.45) is -1.81. The maximum absolute atomic E-state index is 11.8. The van der Waals surface area contributed by atoms with E-state index in [4.69, 9.17) is 14.2 Å². The molecule has 0 aliphatic carbocycles. The zero-order chi connectivity index (χ0) is 13.2. The van der Waals surface area contributed by atoms with E-state index in [1.165, 1.54) is 4.90 Å². The summed E-state index contributed by atoms with van der Waals surface area (Å²) in [5, 5.41) is 0. The van der Waals surface area contributed by atoms with Gasteiger partial charge in [-0.25, -0.2) is 9.59 Å². The fourth-order valence-corrected chi connectivity index (χ4v) is 2.21. The van der Waals surface area contributed by atoms with Crippen LogP contribution in [0.4, 0.5) is 9.59 Å². The van der Waals surface area contributed by atoms with Crippen molar-refractivity contribution in [3.8, 4) is 0 Å². The van der Waals surface area contributed by atoms with E-state index in [-0.39, 0.29) is 18.8 Å². The van der Waals surface area contributed by atoms with Gasteiger partial charge in [-0.1, -0.05) is 30.3 Å². The third-order valence-electron chi connectivity index (χ3n) is 3.17. The van der Waals surface area contributed by atoms with Crippen LogP contribution in [0.5, 0.6) is 0 Å². The molecule has 2 fully saturated rings. The summed E-state index contributed by atoms with van der Waals surface area (Å²) in [7, 11) is 0. The Labute approximate surface area is 109 Å². The number of amides is 1. The molecule has 1 aromatic rings. The number of hydrogen-bond acceptors (Lipinski definition) is 5. The fraction of sp³-hybridized carbons (Fsp3) is 0.385. The number of hydrogen-bond donors (Lipinski definition) is 0. The van der Waals surface area contributed by atoms with Crippen molar-refractivity contribution in [1.29, 1.82) is 0 Å². The van der Waals surface area contributed by atoms with E-state index in [0.29, 0.717) is 13.1 Å². The molecule has 100 valence electrons. The van der Waals surface area contributed by atoms with Gasteiger partial charge >= 0.3 is 12.2 Å². The second-order valence-electron chi connectivity index (χ2n) is 4.51. The van der Waals surface area contributed by atoms with Gasteiger partial charge in [-0.05, 0) is 5.56 Å². The van der Waals surface area contributed by atoms with Crippen LogP contribution in [0.1, 0.15) is 5.56 Å². The summed E-state index contributed by atoms with van der Waals surface area (Å²) in [5.74, 6) is 0. The maximum atomic E-state index is 11.8. The number of likely N-dealkylation sites (tertiary alicyclic amines) is 1. The third-order valence-corrected chi connectivity index (χ3v) is 3.17. The summed E-state index contributed by atoms with van der Waals surface area (Å²) >= 11 is 0. The molecule has 6 nitrogen and oxygen atoms in total. The Morgan fingerprint density at radius 2 is 1.84 bits per heavy atom. The highest BCUT2D eigenvalue weighted by Crippen LogP contribution is 2.24. The Hall–Kier alpha value is -2.24. The minimum atomic E-state index is -0.660. The van der Waals surface area contributed by atoms with Gasteiger partial charge in [0.2, 0.25) is 0 Å². The lowest BCUT2D eigenvalue weighted by molar-refractivity contribution is 0.0754. The molecule has 2 aliphatic rings. The Balaban J connectivity index is 1.51. The lowest BCUT2D eigenvalue weighted by Gasteiger charge is -2.16. The fourth-order valence-electron chi connectivity index (χ4n) is 2.21. The predicted octanol–water partition coefficient (Wildman–Crippen LogP) is 1.54. The molecule has 0 unspecified atom stereocenters. The second-order valence-corrected chi connectivity index (χ2v) is 4.51. The topological polar surface area (TPSA) is 65.1 Å². The van der Waals surface area contributed by atoms with Crippen LogP contribution in [-0.2, 0) is 20.8 Å². The van der Waals surface area contributed by atoms with Gasteiger partial charge < -0.3 is 19.1 Å². The Morgan fingerprint density at radius 1 is 1.21 bits per heavy atom. The van der Waals surface area contributed by atoms with Crippen LogP contribution in [-0.4, -0.2) is 42.4 Å². The number of benzene rings is 1. The Morgan fingerprint density at radius 3 is 2.47 bits per heavy atom. The van der Waals surface area contributed by atoms with Crippen molar-refractivity contribution in [3.63, 3.8) is 0 Å². The average Bonchev–Trinajstić information content (AvgIpc) is 2.94.